The van der Waals surface area contributed by atoms with Gasteiger partial charge in [-0.15, -0.1) is 0 Å². The van der Waals surface area contributed by atoms with E-state index in [1.165, 1.54) is 5.56 Å². The standard InChI is InChI=1S/C18H19ClN2/c1-11-9-14(19)16-15(10-11)20-17(21-16)12-5-7-13(8-6-12)18(2,3)4/h5-10H,1-4H3,(H,20,21). The van der Waals surface area contributed by atoms with Crippen molar-refractivity contribution in [3.63, 3.8) is 0 Å². The Kier molecular flexibility index (Phi) is 3.29. The minimum atomic E-state index is 0.160. The molecule has 0 fully saturated rings. The molecule has 0 aliphatic heterocycles. The van der Waals surface area contributed by atoms with Gasteiger partial charge in [-0.05, 0) is 35.6 Å². The summed E-state index contributed by atoms with van der Waals surface area (Å²) >= 11 is 6.27. The number of nitrogens with one attached hydrogen (secondary N) is 1. The van der Waals surface area contributed by atoms with Gasteiger partial charge in [-0.1, -0.05) is 56.6 Å². The molecule has 3 aromatic rings. The lowest BCUT2D eigenvalue weighted by molar-refractivity contribution is 0.590. The molecule has 0 aliphatic carbocycles. The first-order valence-electron chi connectivity index (χ1n) is 7.11. The van der Waals surface area contributed by atoms with Crippen LogP contribution >= 0.6 is 11.6 Å². The van der Waals surface area contributed by atoms with Gasteiger partial charge in [0.15, 0.2) is 0 Å². The van der Waals surface area contributed by atoms with Crippen LogP contribution in [0.5, 0.6) is 0 Å². The van der Waals surface area contributed by atoms with E-state index in [1.807, 2.05) is 13.0 Å². The summed E-state index contributed by atoms with van der Waals surface area (Å²) < 4.78 is 0. The van der Waals surface area contributed by atoms with Crippen LogP contribution in [0, 0.1) is 6.92 Å². The van der Waals surface area contributed by atoms with E-state index in [4.69, 9.17) is 11.6 Å². The summed E-state index contributed by atoms with van der Waals surface area (Å²) in [5.74, 6) is 0.859. The SMILES string of the molecule is Cc1cc(Cl)c2nc(-c3ccc(C(C)(C)C)cc3)[nH]c2c1. The third-order valence-electron chi connectivity index (χ3n) is 3.71. The number of nitrogens with zero attached hydrogens (tertiary/aromatic N) is 1. The Morgan fingerprint density at radius 2 is 1.71 bits per heavy atom. The number of hydrogen-bond acceptors (Lipinski definition) is 1. The molecule has 108 valence electrons. The molecule has 21 heavy (non-hydrogen) atoms. The Hall–Kier alpha value is -1.80. The molecule has 1 N–H and O–H groups in total. The smallest absolute Gasteiger partial charge is 0.138 e. The molecule has 0 amide bonds. The van der Waals surface area contributed by atoms with Gasteiger partial charge in [0.25, 0.3) is 0 Å². The summed E-state index contributed by atoms with van der Waals surface area (Å²) in [7, 11) is 0. The molecule has 3 heteroatoms. The first-order valence-corrected chi connectivity index (χ1v) is 7.49. The molecule has 0 aliphatic rings. The van der Waals surface area contributed by atoms with Gasteiger partial charge in [0.2, 0.25) is 0 Å². The van der Waals surface area contributed by atoms with Crippen molar-refractivity contribution >= 4 is 22.6 Å². The molecule has 0 bridgehead atoms. The first kappa shape index (κ1) is 14.2. The highest BCUT2D eigenvalue weighted by Gasteiger charge is 2.14. The van der Waals surface area contributed by atoms with Gasteiger partial charge in [-0.3, -0.25) is 0 Å². The van der Waals surface area contributed by atoms with Crippen LogP contribution in [0.4, 0.5) is 0 Å². The van der Waals surface area contributed by atoms with Crippen molar-refractivity contribution in [3.8, 4) is 11.4 Å². The van der Waals surface area contributed by atoms with Crippen LogP contribution in [-0.2, 0) is 5.41 Å². The lowest BCUT2D eigenvalue weighted by atomic mass is 9.87. The fourth-order valence-electron chi connectivity index (χ4n) is 2.48. The minimum Gasteiger partial charge on any atom is -0.338 e. The van der Waals surface area contributed by atoms with Crippen LogP contribution in [0.1, 0.15) is 31.9 Å². The number of rotatable bonds is 1. The van der Waals surface area contributed by atoms with Gasteiger partial charge in [-0.2, -0.15) is 0 Å². The summed E-state index contributed by atoms with van der Waals surface area (Å²) in [5.41, 5.74) is 5.49. The Morgan fingerprint density at radius 1 is 1.05 bits per heavy atom. The van der Waals surface area contributed by atoms with Crippen molar-refractivity contribution in [2.45, 2.75) is 33.1 Å². The highest BCUT2D eigenvalue weighted by Crippen LogP contribution is 2.29. The van der Waals surface area contributed by atoms with E-state index in [0.717, 1.165) is 28.0 Å². The zero-order chi connectivity index (χ0) is 15.2. The molecule has 0 saturated heterocycles. The second-order valence-electron chi connectivity index (χ2n) is 6.56. The summed E-state index contributed by atoms with van der Waals surface area (Å²) in [4.78, 5) is 7.98. The highest BCUT2D eigenvalue weighted by atomic mass is 35.5. The van der Waals surface area contributed by atoms with Crippen LogP contribution in [-0.4, -0.2) is 9.97 Å². The molecule has 2 aromatic carbocycles. The molecular weight excluding hydrogens is 280 g/mol. The maximum atomic E-state index is 6.27. The van der Waals surface area contributed by atoms with Crippen molar-refractivity contribution in [1.29, 1.82) is 0 Å². The lowest BCUT2D eigenvalue weighted by Crippen LogP contribution is -2.10. The van der Waals surface area contributed by atoms with E-state index in [0.29, 0.717) is 5.02 Å². The number of aryl methyl sites for hydroxylation is 1. The van der Waals surface area contributed by atoms with Gasteiger partial charge < -0.3 is 4.98 Å². The molecule has 0 unspecified atom stereocenters. The zero-order valence-electron chi connectivity index (χ0n) is 12.8. The molecule has 0 spiro atoms. The third kappa shape index (κ3) is 2.68. The largest absolute Gasteiger partial charge is 0.338 e. The van der Waals surface area contributed by atoms with Crippen LogP contribution in [0.3, 0.4) is 0 Å². The van der Waals surface area contributed by atoms with Gasteiger partial charge >= 0.3 is 0 Å². The number of H-pyrrole nitrogens is 1. The van der Waals surface area contributed by atoms with Gasteiger partial charge in [0.1, 0.15) is 11.3 Å². The number of imidazole rings is 1. The van der Waals surface area contributed by atoms with Crippen molar-refractivity contribution in [1.82, 2.24) is 9.97 Å². The molecule has 1 heterocycles. The molecule has 0 saturated carbocycles. The maximum absolute atomic E-state index is 6.27. The van der Waals surface area contributed by atoms with Crippen molar-refractivity contribution in [2.75, 3.05) is 0 Å². The molecule has 1 aromatic heterocycles. The second kappa shape index (κ2) is 4.88. The Morgan fingerprint density at radius 3 is 2.33 bits per heavy atom. The van der Waals surface area contributed by atoms with Gasteiger partial charge in [0, 0.05) is 5.56 Å². The second-order valence-corrected chi connectivity index (χ2v) is 6.96. The van der Waals surface area contributed by atoms with Crippen LogP contribution < -0.4 is 0 Å². The van der Waals surface area contributed by atoms with Crippen molar-refractivity contribution in [2.24, 2.45) is 0 Å². The zero-order valence-corrected chi connectivity index (χ0v) is 13.5. The fraction of sp³-hybridized carbons (Fsp3) is 0.278. The predicted molar refractivity (Wildman–Crippen MR) is 90.0 cm³/mol. The number of aromatic nitrogens is 2. The Labute approximate surface area is 130 Å². The number of benzene rings is 2. The van der Waals surface area contributed by atoms with E-state index < -0.39 is 0 Å². The van der Waals surface area contributed by atoms with E-state index in [1.54, 1.807) is 0 Å². The number of aromatic amines is 1. The van der Waals surface area contributed by atoms with E-state index in [2.05, 4.69) is 61.1 Å². The van der Waals surface area contributed by atoms with Crippen LogP contribution in [0.15, 0.2) is 36.4 Å². The summed E-state index contributed by atoms with van der Waals surface area (Å²) in [5, 5.41) is 0.693. The normalized spacial score (nSPS) is 12.0. The average Bonchev–Trinajstić information content (AvgIpc) is 2.82. The third-order valence-corrected chi connectivity index (χ3v) is 4.00. The summed E-state index contributed by atoms with van der Waals surface area (Å²) in [6.45, 7) is 8.67. The average molecular weight is 299 g/mol. The topological polar surface area (TPSA) is 28.7 Å². The van der Waals surface area contributed by atoms with Gasteiger partial charge in [0.05, 0.1) is 10.5 Å². The minimum absolute atomic E-state index is 0.160. The predicted octanol–water partition coefficient (Wildman–Crippen LogP) is 5.49. The summed E-state index contributed by atoms with van der Waals surface area (Å²) in [6.07, 6.45) is 0. The Bertz CT molecular complexity index is 792. The molecular formula is C18H19ClN2. The van der Waals surface area contributed by atoms with E-state index in [9.17, 15) is 0 Å². The monoisotopic (exact) mass is 298 g/mol. The molecule has 3 rings (SSSR count). The molecule has 0 atom stereocenters. The van der Waals surface area contributed by atoms with Gasteiger partial charge in [-0.25, -0.2) is 4.98 Å². The van der Waals surface area contributed by atoms with Crippen LogP contribution in [0.25, 0.3) is 22.4 Å². The Balaban J connectivity index is 2.06. The molecule has 2 nitrogen and oxygen atoms in total. The number of hydrogen-bond donors (Lipinski definition) is 1. The van der Waals surface area contributed by atoms with Crippen LogP contribution in [0.2, 0.25) is 5.02 Å². The fourth-order valence-corrected chi connectivity index (χ4v) is 2.79. The highest BCUT2D eigenvalue weighted by molar-refractivity contribution is 6.35. The van der Waals surface area contributed by atoms with Crippen molar-refractivity contribution in [3.05, 3.63) is 52.5 Å². The quantitative estimate of drug-likeness (QED) is 0.632. The number of halogens is 1. The lowest BCUT2D eigenvalue weighted by Gasteiger charge is -2.18. The molecule has 0 radical (unpaired) electrons. The number of fused-ring (bicyclic) bond motifs is 1. The van der Waals surface area contributed by atoms with E-state index >= 15 is 0 Å². The summed E-state index contributed by atoms with van der Waals surface area (Å²) in [6, 6.07) is 12.6. The maximum Gasteiger partial charge on any atom is 0.138 e. The van der Waals surface area contributed by atoms with E-state index in [-0.39, 0.29) is 5.41 Å². The van der Waals surface area contributed by atoms with Crippen molar-refractivity contribution < 1.29 is 0 Å². The first-order chi connectivity index (χ1) is 9.84.